The van der Waals surface area contributed by atoms with Crippen LogP contribution in [0.25, 0.3) is 10.9 Å². The van der Waals surface area contributed by atoms with Crippen LogP contribution in [0.15, 0.2) is 30.3 Å². The van der Waals surface area contributed by atoms with Crippen molar-refractivity contribution in [1.29, 1.82) is 0 Å². The number of likely N-dealkylation sites (N-methyl/N-ethyl adjacent to an activating group) is 1. The number of hydrogen-bond donors (Lipinski definition) is 0. The van der Waals surface area contributed by atoms with Crippen molar-refractivity contribution in [2.24, 2.45) is 0 Å². The lowest BCUT2D eigenvalue weighted by Gasteiger charge is -2.21. The van der Waals surface area contributed by atoms with Gasteiger partial charge >= 0.3 is 0 Å². The van der Waals surface area contributed by atoms with Gasteiger partial charge in [-0.15, -0.1) is 0 Å². The smallest absolute Gasteiger partial charge is 0.0483 e. The Morgan fingerprint density at radius 3 is 2.52 bits per heavy atom. The van der Waals surface area contributed by atoms with E-state index in [1.807, 2.05) is 0 Å². The van der Waals surface area contributed by atoms with Gasteiger partial charge in [-0.1, -0.05) is 44.9 Å². The minimum atomic E-state index is 0.786. The summed E-state index contributed by atoms with van der Waals surface area (Å²) in [5, 5.41) is 1.42. The number of rotatable bonds is 6. The van der Waals surface area contributed by atoms with Crippen LogP contribution in [0.5, 0.6) is 0 Å². The quantitative estimate of drug-likeness (QED) is 0.750. The third-order valence-corrected chi connectivity index (χ3v) is 5.15. The fraction of sp³-hybridized carbons (Fsp3) is 0.579. The maximum absolute atomic E-state index is 2.60. The minimum absolute atomic E-state index is 0.786. The molecular weight excluding hydrogens is 256 g/mol. The van der Waals surface area contributed by atoms with Gasteiger partial charge in [0, 0.05) is 24.3 Å². The molecule has 3 rings (SSSR count). The maximum atomic E-state index is 2.60. The van der Waals surface area contributed by atoms with Crippen molar-refractivity contribution in [2.75, 3.05) is 19.6 Å². The first-order valence-electron chi connectivity index (χ1n) is 8.64. The lowest BCUT2D eigenvalue weighted by Crippen LogP contribution is -2.27. The summed E-state index contributed by atoms with van der Waals surface area (Å²) in [7, 11) is 0. The Hall–Kier alpha value is -1.28. The van der Waals surface area contributed by atoms with Crippen LogP contribution in [0.3, 0.4) is 0 Å². The Morgan fingerprint density at radius 1 is 1.10 bits per heavy atom. The van der Waals surface area contributed by atoms with E-state index in [2.05, 4.69) is 53.6 Å². The van der Waals surface area contributed by atoms with Crippen molar-refractivity contribution in [3.63, 3.8) is 0 Å². The molecule has 1 saturated carbocycles. The van der Waals surface area contributed by atoms with Crippen molar-refractivity contribution in [3.05, 3.63) is 36.0 Å². The summed E-state index contributed by atoms with van der Waals surface area (Å²) in [6.45, 7) is 9.10. The van der Waals surface area contributed by atoms with E-state index in [1.165, 1.54) is 36.6 Å². The van der Waals surface area contributed by atoms with Crippen molar-refractivity contribution in [1.82, 2.24) is 9.47 Å². The van der Waals surface area contributed by atoms with Gasteiger partial charge in [-0.25, -0.2) is 0 Å². The molecule has 0 aliphatic heterocycles. The van der Waals surface area contributed by atoms with Gasteiger partial charge < -0.3 is 9.47 Å². The number of hydrogen-bond acceptors (Lipinski definition) is 1. The molecule has 2 nitrogen and oxygen atoms in total. The van der Waals surface area contributed by atoms with Crippen molar-refractivity contribution in [3.8, 4) is 0 Å². The first-order chi connectivity index (χ1) is 10.3. The fourth-order valence-electron chi connectivity index (χ4n) is 3.82. The zero-order chi connectivity index (χ0) is 14.7. The standard InChI is InChI=1S/C19H28N2/c1-3-20(4-2)13-14-21-18-12-8-7-11-17(18)15-19(21)16-9-5-6-10-16/h7-8,11-12,15-16H,3-6,9-10,13-14H2,1-2H3. The minimum Gasteiger partial charge on any atom is -0.343 e. The number of nitrogens with zero attached hydrogens (tertiary/aromatic N) is 2. The van der Waals surface area contributed by atoms with Crippen LogP contribution >= 0.6 is 0 Å². The molecular formula is C19H28N2. The van der Waals surface area contributed by atoms with E-state index in [1.54, 1.807) is 5.69 Å². The van der Waals surface area contributed by atoms with E-state index in [-0.39, 0.29) is 0 Å². The summed E-state index contributed by atoms with van der Waals surface area (Å²) in [5.41, 5.74) is 3.01. The Balaban J connectivity index is 1.91. The lowest BCUT2D eigenvalue weighted by molar-refractivity contribution is 0.290. The second kappa shape index (κ2) is 6.65. The molecule has 1 heterocycles. The Labute approximate surface area is 128 Å². The molecule has 0 bridgehead atoms. The largest absolute Gasteiger partial charge is 0.343 e. The van der Waals surface area contributed by atoms with Crippen molar-refractivity contribution >= 4 is 10.9 Å². The van der Waals surface area contributed by atoms with E-state index in [4.69, 9.17) is 0 Å². The molecule has 0 unspecified atom stereocenters. The maximum Gasteiger partial charge on any atom is 0.0483 e. The molecule has 114 valence electrons. The molecule has 21 heavy (non-hydrogen) atoms. The summed E-state index contributed by atoms with van der Waals surface area (Å²) >= 11 is 0. The van der Waals surface area contributed by atoms with Gasteiger partial charge in [0.05, 0.1) is 0 Å². The van der Waals surface area contributed by atoms with Crippen molar-refractivity contribution < 1.29 is 0 Å². The number of aromatic nitrogens is 1. The van der Waals surface area contributed by atoms with E-state index in [0.717, 1.165) is 32.1 Å². The van der Waals surface area contributed by atoms with Crippen LogP contribution in [-0.4, -0.2) is 29.1 Å². The van der Waals surface area contributed by atoms with Gasteiger partial charge in [0.1, 0.15) is 0 Å². The second-order valence-electron chi connectivity index (χ2n) is 6.29. The third-order valence-electron chi connectivity index (χ3n) is 5.15. The van der Waals surface area contributed by atoms with Crippen LogP contribution in [0.1, 0.15) is 51.1 Å². The molecule has 1 aromatic heterocycles. The SMILES string of the molecule is CCN(CC)CCn1c(C2CCCC2)cc2ccccc21. The van der Waals surface area contributed by atoms with Gasteiger partial charge in [-0.3, -0.25) is 0 Å². The van der Waals surface area contributed by atoms with Crippen LogP contribution in [0.4, 0.5) is 0 Å². The van der Waals surface area contributed by atoms with E-state index in [9.17, 15) is 0 Å². The average Bonchev–Trinajstić information content (AvgIpc) is 3.15. The molecule has 0 spiro atoms. The van der Waals surface area contributed by atoms with Gasteiger partial charge in [0.15, 0.2) is 0 Å². The normalized spacial score (nSPS) is 16.3. The predicted octanol–water partition coefficient (Wildman–Crippen LogP) is 4.64. The number of para-hydroxylation sites is 1. The summed E-state index contributed by atoms with van der Waals surface area (Å²) in [6.07, 6.45) is 5.56. The zero-order valence-corrected chi connectivity index (χ0v) is 13.5. The highest BCUT2D eigenvalue weighted by Crippen LogP contribution is 2.36. The lowest BCUT2D eigenvalue weighted by atomic mass is 10.0. The van der Waals surface area contributed by atoms with E-state index >= 15 is 0 Å². The topological polar surface area (TPSA) is 8.17 Å². The molecule has 0 N–H and O–H groups in total. The monoisotopic (exact) mass is 284 g/mol. The highest BCUT2D eigenvalue weighted by atomic mass is 15.1. The highest BCUT2D eigenvalue weighted by Gasteiger charge is 2.22. The second-order valence-corrected chi connectivity index (χ2v) is 6.29. The molecule has 1 aliphatic rings. The molecule has 0 amide bonds. The van der Waals surface area contributed by atoms with Crippen LogP contribution in [0.2, 0.25) is 0 Å². The average molecular weight is 284 g/mol. The molecule has 2 heteroatoms. The number of benzene rings is 1. The summed E-state index contributed by atoms with van der Waals surface area (Å²) in [4.78, 5) is 2.52. The fourth-order valence-corrected chi connectivity index (χ4v) is 3.82. The van der Waals surface area contributed by atoms with Gasteiger partial charge in [0.2, 0.25) is 0 Å². The van der Waals surface area contributed by atoms with Crippen LogP contribution in [0, 0.1) is 0 Å². The van der Waals surface area contributed by atoms with E-state index < -0.39 is 0 Å². The first-order valence-corrected chi connectivity index (χ1v) is 8.64. The predicted molar refractivity (Wildman–Crippen MR) is 90.9 cm³/mol. The highest BCUT2D eigenvalue weighted by molar-refractivity contribution is 5.81. The zero-order valence-electron chi connectivity index (χ0n) is 13.5. The van der Waals surface area contributed by atoms with Crippen molar-refractivity contribution in [2.45, 2.75) is 52.0 Å². The molecule has 0 atom stereocenters. The molecule has 1 aromatic carbocycles. The van der Waals surface area contributed by atoms with Gasteiger partial charge in [-0.2, -0.15) is 0 Å². The first kappa shape index (κ1) is 14.6. The van der Waals surface area contributed by atoms with Crippen LogP contribution in [-0.2, 0) is 6.54 Å². The van der Waals surface area contributed by atoms with Crippen LogP contribution < -0.4 is 0 Å². The third kappa shape index (κ3) is 3.01. The Bertz CT molecular complexity index is 574. The molecule has 1 aliphatic carbocycles. The van der Waals surface area contributed by atoms with Gasteiger partial charge in [-0.05, 0) is 49.4 Å². The molecule has 2 aromatic rings. The molecule has 0 saturated heterocycles. The van der Waals surface area contributed by atoms with Gasteiger partial charge in [0.25, 0.3) is 0 Å². The summed E-state index contributed by atoms with van der Waals surface area (Å²) in [5.74, 6) is 0.786. The summed E-state index contributed by atoms with van der Waals surface area (Å²) in [6, 6.07) is 11.3. The Kier molecular flexibility index (Phi) is 4.64. The van der Waals surface area contributed by atoms with E-state index in [0.29, 0.717) is 0 Å². The molecule has 1 fully saturated rings. The summed E-state index contributed by atoms with van der Waals surface area (Å²) < 4.78 is 2.60. The Morgan fingerprint density at radius 2 is 1.81 bits per heavy atom. The number of fused-ring (bicyclic) bond motifs is 1. The molecule has 0 radical (unpaired) electrons.